The summed E-state index contributed by atoms with van der Waals surface area (Å²) in [6, 6.07) is 8.12. The molecule has 1 aliphatic rings. The number of ether oxygens (including phenoxy) is 3. The number of carboxylic acid groups (broad SMARTS) is 1. The van der Waals surface area contributed by atoms with Gasteiger partial charge >= 0.3 is 5.97 Å². The molecule has 1 aromatic carbocycles. The van der Waals surface area contributed by atoms with Gasteiger partial charge in [0, 0.05) is 0 Å². The lowest BCUT2D eigenvalue weighted by molar-refractivity contribution is -0.152. The summed E-state index contributed by atoms with van der Waals surface area (Å²) in [6.45, 7) is 4.39. The molecule has 0 saturated heterocycles. The molecule has 3 unspecified atom stereocenters. The molecule has 0 amide bonds. The molecule has 1 fully saturated rings. The summed E-state index contributed by atoms with van der Waals surface area (Å²) in [7, 11) is 0. The van der Waals surface area contributed by atoms with E-state index in [4.69, 9.17) is 25.1 Å². The molecule has 4 N–H and O–H groups in total. The van der Waals surface area contributed by atoms with Gasteiger partial charge in [-0.1, -0.05) is 29.8 Å². The largest absolute Gasteiger partial charge is 0.492 e. The van der Waals surface area contributed by atoms with E-state index in [1.54, 1.807) is 0 Å². The molecule has 28 heavy (non-hydrogen) atoms. The summed E-state index contributed by atoms with van der Waals surface area (Å²) in [6.07, 6.45) is 1.69. The highest BCUT2D eigenvalue weighted by Crippen LogP contribution is 2.24. The van der Waals surface area contributed by atoms with E-state index in [2.05, 4.69) is 6.07 Å². The molecule has 0 aromatic heterocycles. The number of hydrogen-bond acceptors (Lipinski definition) is 6. The molecule has 1 aromatic rings. The summed E-state index contributed by atoms with van der Waals surface area (Å²) in [5.74, 6) is -0.627. The summed E-state index contributed by atoms with van der Waals surface area (Å²) < 4.78 is 17.2. The van der Waals surface area contributed by atoms with E-state index in [0.29, 0.717) is 24.5 Å². The van der Waals surface area contributed by atoms with Crippen LogP contribution < -0.4 is 5.73 Å². The van der Waals surface area contributed by atoms with Crippen LogP contribution in [0.4, 0.5) is 0 Å². The lowest BCUT2D eigenvalue weighted by atomic mass is 9.95. The number of aliphatic hydroxyl groups is 1. The van der Waals surface area contributed by atoms with Crippen LogP contribution in [0.25, 0.3) is 0 Å². The van der Waals surface area contributed by atoms with Crippen molar-refractivity contribution in [2.45, 2.75) is 64.4 Å². The Balaban J connectivity index is 1.74. The van der Waals surface area contributed by atoms with Crippen molar-refractivity contribution in [1.29, 1.82) is 0 Å². The van der Waals surface area contributed by atoms with Crippen LogP contribution in [0.5, 0.6) is 0 Å². The Labute approximate surface area is 166 Å². The lowest BCUT2D eigenvalue weighted by Crippen LogP contribution is -2.33. The van der Waals surface area contributed by atoms with Gasteiger partial charge in [0.15, 0.2) is 6.10 Å². The first-order valence-corrected chi connectivity index (χ1v) is 9.62. The minimum atomic E-state index is -1.49. The third kappa shape index (κ3) is 7.50. The van der Waals surface area contributed by atoms with Gasteiger partial charge in [0.2, 0.25) is 0 Å². The topological polar surface area (TPSA) is 111 Å². The zero-order chi connectivity index (χ0) is 20.5. The van der Waals surface area contributed by atoms with Crippen LogP contribution in [0.3, 0.4) is 0 Å². The van der Waals surface area contributed by atoms with Crippen molar-refractivity contribution in [1.82, 2.24) is 0 Å². The Morgan fingerprint density at radius 2 is 2.00 bits per heavy atom. The van der Waals surface area contributed by atoms with E-state index in [1.165, 1.54) is 5.56 Å². The number of rotatable bonds is 10. The number of aryl methyl sites for hydroxylation is 1. The molecule has 0 spiro atoms. The minimum Gasteiger partial charge on any atom is -0.492 e. The van der Waals surface area contributed by atoms with Crippen molar-refractivity contribution in [2.24, 2.45) is 5.73 Å². The van der Waals surface area contributed by atoms with E-state index < -0.39 is 12.1 Å². The number of benzene rings is 1. The average molecular weight is 393 g/mol. The van der Waals surface area contributed by atoms with Gasteiger partial charge in [0.1, 0.15) is 12.4 Å². The Bertz CT molecular complexity index is 675. The van der Waals surface area contributed by atoms with Crippen molar-refractivity contribution in [3.63, 3.8) is 0 Å². The zero-order valence-electron chi connectivity index (χ0n) is 16.6. The number of aliphatic hydroxyl groups excluding tert-OH is 1. The number of allylic oxidation sites excluding steroid dienone is 1. The van der Waals surface area contributed by atoms with Crippen LogP contribution in [0, 0.1) is 6.92 Å². The highest BCUT2D eigenvalue weighted by atomic mass is 16.5. The molecular weight excluding hydrogens is 362 g/mol. The molecular formula is C21H31NO6. The number of nitrogens with two attached hydrogens (primary N) is 1. The number of carboxylic acids is 1. The molecule has 0 aliphatic heterocycles. The first-order valence-electron chi connectivity index (χ1n) is 9.62. The van der Waals surface area contributed by atoms with E-state index in [-0.39, 0.29) is 25.4 Å². The summed E-state index contributed by atoms with van der Waals surface area (Å²) >= 11 is 0. The van der Waals surface area contributed by atoms with Crippen molar-refractivity contribution >= 4 is 5.97 Å². The molecule has 0 bridgehead atoms. The monoisotopic (exact) mass is 393 g/mol. The molecule has 7 heteroatoms. The van der Waals surface area contributed by atoms with Crippen LogP contribution in [0.2, 0.25) is 0 Å². The van der Waals surface area contributed by atoms with Gasteiger partial charge in [-0.05, 0) is 45.1 Å². The SMILES string of the molecule is C/C(OCc1cccc(C)c1)=C(/N)COC1CCCC(OCC(O)C(=O)O)C1. The molecule has 1 aliphatic carbocycles. The van der Waals surface area contributed by atoms with E-state index in [9.17, 15) is 9.90 Å². The Morgan fingerprint density at radius 3 is 2.68 bits per heavy atom. The molecule has 7 nitrogen and oxygen atoms in total. The van der Waals surface area contributed by atoms with E-state index >= 15 is 0 Å². The normalized spacial score (nSPS) is 21.7. The van der Waals surface area contributed by atoms with Gasteiger partial charge in [-0.15, -0.1) is 0 Å². The molecule has 1 saturated carbocycles. The van der Waals surface area contributed by atoms with Crippen molar-refractivity contribution in [2.75, 3.05) is 13.2 Å². The second kappa shape index (κ2) is 11.0. The van der Waals surface area contributed by atoms with Gasteiger partial charge in [-0.2, -0.15) is 0 Å². The second-order valence-corrected chi connectivity index (χ2v) is 7.27. The smallest absolute Gasteiger partial charge is 0.334 e. The molecule has 3 atom stereocenters. The van der Waals surface area contributed by atoms with Crippen LogP contribution >= 0.6 is 0 Å². The Kier molecular flexibility index (Phi) is 8.76. The maximum atomic E-state index is 10.7. The first-order chi connectivity index (χ1) is 13.3. The fourth-order valence-corrected chi connectivity index (χ4v) is 3.10. The molecule has 0 radical (unpaired) electrons. The highest BCUT2D eigenvalue weighted by molar-refractivity contribution is 5.71. The van der Waals surface area contributed by atoms with Crippen LogP contribution in [0.1, 0.15) is 43.7 Å². The minimum absolute atomic E-state index is 0.0103. The summed E-state index contributed by atoms with van der Waals surface area (Å²) in [5.41, 5.74) is 8.92. The summed E-state index contributed by atoms with van der Waals surface area (Å²) in [5, 5.41) is 18.0. The third-order valence-electron chi connectivity index (χ3n) is 4.82. The number of hydrogen-bond donors (Lipinski definition) is 3. The van der Waals surface area contributed by atoms with Crippen LogP contribution in [0.15, 0.2) is 35.7 Å². The predicted molar refractivity (Wildman–Crippen MR) is 104 cm³/mol. The first kappa shape index (κ1) is 22.2. The maximum absolute atomic E-state index is 10.7. The predicted octanol–water partition coefficient (Wildman–Crippen LogP) is 2.49. The zero-order valence-corrected chi connectivity index (χ0v) is 16.6. The fraction of sp³-hybridized carbons (Fsp3) is 0.571. The fourth-order valence-electron chi connectivity index (χ4n) is 3.10. The number of carbonyl (C=O) groups is 1. The highest BCUT2D eigenvalue weighted by Gasteiger charge is 2.25. The summed E-state index contributed by atoms with van der Waals surface area (Å²) in [4.78, 5) is 10.7. The third-order valence-corrected chi connectivity index (χ3v) is 4.82. The van der Waals surface area contributed by atoms with Crippen molar-refractivity contribution in [3.8, 4) is 0 Å². The van der Waals surface area contributed by atoms with Gasteiger partial charge in [0.05, 0.1) is 31.1 Å². The van der Waals surface area contributed by atoms with Crippen molar-refractivity contribution < 1.29 is 29.2 Å². The lowest BCUT2D eigenvalue weighted by Gasteiger charge is -2.29. The van der Waals surface area contributed by atoms with Gasteiger partial charge in [-0.25, -0.2) is 4.79 Å². The van der Waals surface area contributed by atoms with E-state index in [0.717, 1.165) is 24.8 Å². The van der Waals surface area contributed by atoms with Gasteiger partial charge < -0.3 is 30.2 Å². The molecule has 156 valence electrons. The second-order valence-electron chi connectivity index (χ2n) is 7.27. The van der Waals surface area contributed by atoms with Crippen molar-refractivity contribution in [3.05, 3.63) is 46.8 Å². The van der Waals surface area contributed by atoms with Crippen LogP contribution in [-0.4, -0.2) is 47.7 Å². The molecule has 0 heterocycles. The van der Waals surface area contributed by atoms with Gasteiger partial charge in [0.25, 0.3) is 0 Å². The number of aliphatic carboxylic acids is 1. The van der Waals surface area contributed by atoms with E-state index in [1.807, 2.05) is 32.0 Å². The molecule has 2 rings (SSSR count). The maximum Gasteiger partial charge on any atom is 0.334 e. The Morgan fingerprint density at radius 1 is 1.29 bits per heavy atom. The quantitative estimate of drug-likeness (QED) is 0.524. The average Bonchev–Trinajstić information content (AvgIpc) is 2.68. The van der Waals surface area contributed by atoms with Gasteiger partial charge in [-0.3, -0.25) is 0 Å². The Hall–Kier alpha value is -2.09. The standard InChI is InChI=1S/C21H31NO6/c1-14-5-3-6-16(9-14)11-26-15(2)19(22)12-27-17-7-4-8-18(10-17)28-13-20(23)21(24)25/h3,5-6,9,17-18,20,23H,4,7-8,10-13,22H2,1-2H3,(H,24,25)/b19-15-. The van der Waals surface area contributed by atoms with Crippen LogP contribution in [-0.2, 0) is 25.6 Å².